The van der Waals surface area contributed by atoms with Crippen LogP contribution in [0.2, 0.25) is 0 Å². The molecular formula is C9H15BF3KO. The molecule has 0 saturated heterocycles. The van der Waals surface area contributed by atoms with Crippen molar-refractivity contribution in [1.29, 1.82) is 0 Å². The number of rotatable bonds is 4. The van der Waals surface area contributed by atoms with Crippen LogP contribution in [-0.4, -0.2) is 20.1 Å². The van der Waals surface area contributed by atoms with E-state index in [1.807, 2.05) is 6.08 Å². The number of hydrogen-bond acceptors (Lipinski definition) is 1. The van der Waals surface area contributed by atoms with Gasteiger partial charge in [-0.05, 0) is 24.7 Å². The summed E-state index contributed by atoms with van der Waals surface area (Å²) in [6.07, 6.45) is 5.89. The Hall–Kier alpha value is 1.19. The van der Waals surface area contributed by atoms with Gasteiger partial charge in [-0.25, -0.2) is 0 Å². The molecule has 1 nitrogen and oxygen atoms in total. The monoisotopic (exact) mass is 246 g/mol. The summed E-state index contributed by atoms with van der Waals surface area (Å²) >= 11 is 0. The first-order valence-corrected chi connectivity index (χ1v) is 4.93. The molecule has 0 heterocycles. The fourth-order valence-electron chi connectivity index (χ4n) is 1.59. The molecular weight excluding hydrogens is 231 g/mol. The van der Waals surface area contributed by atoms with Gasteiger partial charge < -0.3 is 17.7 Å². The van der Waals surface area contributed by atoms with Crippen LogP contribution in [0.3, 0.4) is 0 Å². The zero-order valence-electron chi connectivity index (χ0n) is 9.26. The van der Waals surface area contributed by atoms with Crippen molar-refractivity contribution >= 4 is 6.98 Å². The standard InChI is InChI=1S/C9H15BF3O.K/c1-8-4-2-3-5-9(8)6-14-7-10(11,12)13;/h2-3,8-9H,4-7H2,1H3;/q-1;+1. The Balaban J connectivity index is 0.00000196. The van der Waals surface area contributed by atoms with Crippen LogP contribution in [0.15, 0.2) is 12.2 Å². The van der Waals surface area contributed by atoms with E-state index >= 15 is 0 Å². The van der Waals surface area contributed by atoms with Crippen molar-refractivity contribution in [1.82, 2.24) is 0 Å². The Morgan fingerprint density at radius 1 is 1.27 bits per heavy atom. The van der Waals surface area contributed by atoms with E-state index in [0.29, 0.717) is 5.92 Å². The van der Waals surface area contributed by atoms with Crippen molar-refractivity contribution in [3.05, 3.63) is 12.2 Å². The molecule has 1 aliphatic carbocycles. The van der Waals surface area contributed by atoms with Gasteiger partial charge in [0.1, 0.15) is 0 Å². The van der Waals surface area contributed by atoms with Crippen LogP contribution in [0.5, 0.6) is 0 Å². The summed E-state index contributed by atoms with van der Waals surface area (Å²) in [5, 5.41) is 0. The van der Waals surface area contributed by atoms with Crippen LogP contribution in [0.25, 0.3) is 0 Å². The molecule has 2 unspecified atom stereocenters. The molecule has 1 rings (SSSR count). The maximum Gasteiger partial charge on any atom is 1.00 e. The number of allylic oxidation sites excluding steroid dienone is 2. The molecule has 0 N–H and O–H groups in total. The number of ether oxygens (including phenoxy) is 1. The van der Waals surface area contributed by atoms with Crippen molar-refractivity contribution in [3.63, 3.8) is 0 Å². The topological polar surface area (TPSA) is 9.23 Å². The second kappa shape index (κ2) is 7.50. The Labute approximate surface area is 131 Å². The number of hydrogen-bond donors (Lipinski definition) is 0. The first-order valence-electron chi connectivity index (χ1n) is 4.93. The van der Waals surface area contributed by atoms with E-state index in [9.17, 15) is 12.9 Å². The van der Waals surface area contributed by atoms with Crippen molar-refractivity contribution < 1.29 is 69.1 Å². The maximum absolute atomic E-state index is 11.8. The zero-order chi connectivity index (χ0) is 10.6. The van der Waals surface area contributed by atoms with Gasteiger partial charge in [0.2, 0.25) is 0 Å². The third-order valence-corrected chi connectivity index (χ3v) is 2.56. The summed E-state index contributed by atoms with van der Waals surface area (Å²) in [6.45, 7) is -3.57. The fourth-order valence-corrected chi connectivity index (χ4v) is 1.59. The van der Waals surface area contributed by atoms with Crippen LogP contribution >= 0.6 is 0 Å². The molecule has 82 valence electrons. The van der Waals surface area contributed by atoms with Gasteiger partial charge in [0, 0.05) is 13.1 Å². The predicted molar refractivity (Wildman–Crippen MR) is 50.9 cm³/mol. The zero-order valence-corrected chi connectivity index (χ0v) is 12.4. The molecule has 0 radical (unpaired) electrons. The Morgan fingerprint density at radius 2 is 1.87 bits per heavy atom. The molecule has 1 aliphatic rings. The summed E-state index contributed by atoms with van der Waals surface area (Å²) in [6, 6.07) is 0. The Bertz CT molecular complexity index is 208. The van der Waals surface area contributed by atoms with E-state index in [4.69, 9.17) is 0 Å². The van der Waals surface area contributed by atoms with E-state index in [1.54, 1.807) is 0 Å². The maximum atomic E-state index is 11.8. The van der Waals surface area contributed by atoms with Gasteiger partial charge in [0.25, 0.3) is 0 Å². The third kappa shape index (κ3) is 7.18. The van der Waals surface area contributed by atoms with E-state index in [2.05, 4.69) is 17.7 Å². The smallest absolute Gasteiger partial charge is 0.447 e. The van der Waals surface area contributed by atoms with E-state index in [0.717, 1.165) is 12.8 Å². The molecule has 15 heavy (non-hydrogen) atoms. The quantitative estimate of drug-likeness (QED) is 0.501. The molecule has 0 amide bonds. The van der Waals surface area contributed by atoms with Crippen molar-refractivity contribution in [2.24, 2.45) is 11.8 Å². The van der Waals surface area contributed by atoms with Gasteiger partial charge in [-0.15, -0.1) is 0 Å². The summed E-state index contributed by atoms with van der Waals surface area (Å²) < 4.78 is 40.2. The van der Waals surface area contributed by atoms with Crippen LogP contribution in [0.1, 0.15) is 19.8 Å². The molecule has 6 heteroatoms. The van der Waals surface area contributed by atoms with Gasteiger partial charge in [-0.3, -0.25) is 0 Å². The van der Waals surface area contributed by atoms with Gasteiger partial charge in [-0.2, -0.15) is 0 Å². The van der Waals surface area contributed by atoms with Crippen LogP contribution < -0.4 is 51.4 Å². The largest absolute Gasteiger partial charge is 1.00 e. The van der Waals surface area contributed by atoms with Crippen LogP contribution in [-0.2, 0) is 4.74 Å². The minimum absolute atomic E-state index is 0. The molecule has 0 spiro atoms. The molecule has 2 atom stereocenters. The van der Waals surface area contributed by atoms with E-state index < -0.39 is 13.5 Å². The van der Waals surface area contributed by atoms with Gasteiger partial charge in [0.15, 0.2) is 0 Å². The first kappa shape index (κ1) is 16.2. The molecule has 0 aliphatic heterocycles. The van der Waals surface area contributed by atoms with Gasteiger partial charge >= 0.3 is 58.4 Å². The molecule has 0 aromatic rings. The second-order valence-corrected chi connectivity index (χ2v) is 3.93. The summed E-state index contributed by atoms with van der Waals surface area (Å²) in [7, 11) is 0. The van der Waals surface area contributed by atoms with Gasteiger partial charge in [-0.1, -0.05) is 19.1 Å². The minimum Gasteiger partial charge on any atom is -0.447 e. The normalized spacial score (nSPS) is 26.1. The third-order valence-electron chi connectivity index (χ3n) is 2.56. The summed E-state index contributed by atoms with van der Waals surface area (Å²) in [5.41, 5.74) is 0. The van der Waals surface area contributed by atoms with Crippen molar-refractivity contribution in [2.75, 3.05) is 13.1 Å². The Morgan fingerprint density at radius 3 is 2.40 bits per heavy atom. The average molecular weight is 246 g/mol. The molecule has 0 fully saturated rings. The van der Waals surface area contributed by atoms with Crippen molar-refractivity contribution in [3.8, 4) is 0 Å². The van der Waals surface area contributed by atoms with E-state index in [1.165, 1.54) is 0 Å². The van der Waals surface area contributed by atoms with Gasteiger partial charge in [0.05, 0.1) is 0 Å². The summed E-state index contributed by atoms with van der Waals surface area (Å²) in [5.74, 6) is 0.680. The Kier molecular flexibility index (Phi) is 8.10. The number of halogens is 3. The van der Waals surface area contributed by atoms with Crippen LogP contribution in [0, 0.1) is 11.8 Å². The fraction of sp³-hybridized carbons (Fsp3) is 0.778. The summed E-state index contributed by atoms with van der Waals surface area (Å²) in [4.78, 5) is 0. The predicted octanol–water partition coefficient (Wildman–Crippen LogP) is -0.00410. The SMILES string of the molecule is CC1CC=CCC1COC[B-](F)(F)F.[K+]. The van der Waals surface area contributed by atoms with Crippen LogP contribution in [0.4, 0.5) is 12.9 Å². The molecule has 0 bridgehead atoms. The molecule has 0 aromatic carbocycles. The first-order chi connectivity index (χ1) is 6.49. The van der Waals surface area contributed by atoms with E-state index in [-0.39, 0.29) is 63.9 Å². The molecule has 0 saturated carbocycles. The average Bonchev–Trinajstić information content (AvgIpc) is 2.06. The minimum atomic E-state index is -4.79. The second-order valence-electron chi connectivity index (χ2n) is 3.93. The molecule has 0 aromatic heterocycles. The van der Waals surface area contributed by atoms with Crippen molar-refractivity contribution in [2.45, 2.75) is 19.8 Å².